The van der Waals surface area contributed by atoms with Crippen LogP contribution >= 0.6 is 0 Å². The molecule has 0 aliphatic heterocycles. The smallest absolute Gasteiger partial charge is 0.173 e. The lowest BCUT2D eigenvalue weighted by Gasteiger charge is -2.38. The van der Waals surface area contributed by atoms with Crippen LogP contribution in [0.3, 0.4) is 0 Å². The fourth-order valence-electron chi connectivity index (χ4n) is 11.9. The Labute approximate surface area is 536 Å². The Morgan fingerprint density at radius 2 is 0.644 bits per heavy atom. The zero-order chi connectivity index (χ0) is 64.3. The van der Waals surface area contributed by atoms with Gasteiger partial charge in [0, 0.05) is 5.41 Å². The number of aromatic hydroxyl groups is 2. The van der Waals surface area contributed by atoms with Crippen molar-refractivity contribution >= 4 is 33.3 Å². The molecule has 2 N–H and O–H groups in total. The molecule has 0 bridgehead atoms. The molecule has 8 heteroatoms. The minimum atomic E-state index is -1.54. The highest BCUT2D eigenvalue weighted by molar-refractivity contribution is 6.85. The van der Waals surface area contributed by atoms with E-state index >= 15 is 0 Å². The summed E-state index contributed by atoms with van der Waals surface area (Å²) in [5.41, 5.74) is 16.8. The van der Waals surface area contributed by atoms with Gasteiger partial charge in [0.2, 0.25) is 0 Å². The minimum Gasteiger partial charge on any atom is -0.508 e. The zero-order valence-electron chi connectivity index (χ0n) is 57.9. The first-order chi connectivity index (χ1) is 40.9. The zero-order valence-corrected chi connectivity index (χ0v) is 61.9. The average molecular weight is 1240 g/mol. The van der Waals surface area contributed by atoms with Crippen molar-refractivity contribution in [2.24, 2.45) is 0 Å². The van der Waals surface area contributed by atoms with Gasteiger partial charge in [-0.3, -0.25) is 0 Å². The first-order valence-corrected chi connectivity index (χ1v) is 45.7. The lowest BCUT2D eigenvalue weighted by molar-refractivity contribution is 0.346. The fraction of sp³-hybridized carbons (Fsp3) is 0.468. The Balaban J connectivity index is 0.000000237. The number of hydrogen-bond donors (Lipinski definition) is 2. The number of hydrogen-bond acceptors (Lipinski definition) is 4. The van der Waals surface area contributed by atoms with Crippen molar-refractivity contribution in [3.63, 3.8) is 0 Å². The van der Waals surface area contributed by atoms with E-state index in [1.807, 2.05) is 24.3 Å². The van der Waals surface area contributed by atoms with Crippen LogP contribution in [0.4, 0.5) is 0 Å². The normalized spacial score (nSPS) is 13.3. The molecular weight excluding hydrogens is 1130 g/mol. The maximum absolute atomic E-state index is 9.30. The van der Waals surface area contributed by atoms with Gasteiger partial charge in [0.05, 0.1) is 0 Å². The molecule has 0 radical (unpaired) electrons. The van der Waals surface area contributed by atoms with Gasteiger partial charge in [0.25, 0.3) is 0 Å². The second kappa shape index (κ2) is 35.9. The summed E-state index contributed by atoms with van der Waals surface area (Å²) >= 11 is 0. The van der Waals surface area contributed by atoms with Crippen molar-refractivity contribution in [2.45, 2.75) is 240 Å². The summed E-state index contributed by atoms with van der Waals surface area (Å²) in [5, 5.41) is 18.6. The molecule has 474 valence electrons. The fourth-order valence-corrected chi connectivity index (χ4v) is 29.9. The molecule has 4 nitrogen and oxygen atoms in total. The molecule has 0 amide bonds. The highest BCUT2D eigenvalue weighted by Crippen LogP contribution is 2.45. The van der Waals surface area contributed by atoms with Gasteiger partial charge < -0.3 is 18.4 Å². The van der Waals surface area contributed by atoms with E-state index in [0.29, 0.717) is 11.5 Å². The van der Waals surface area contributed by atoms with Gasteiger partial charge in [-0.05, 0) is 218 Å². The van der Waals surface area contributed by atoms with Crippen LogP contribution in [0.25, 0.3) is 11.1 Å². The van der Waals surface area contributed by atoms with Gasteiger partial charge >= 0.3 is 0 Å². The molecule has 0 aromatic heterocycles. The number of rotatable bonds is 21. The topological polar surface area (TPSA) is 58.9 Å². The molecule has 0 saturated heterocycles. The van der Waals surface area contributed by atoms with E-state index in [1.54, 1.807) is 24.3 Å². The van der Waals surface area contributed by atoms with Crippen molar-refractivity contribution in [3.05, 3.63) is 225 Å². The third-order valence-electron chi connectivity index (χ3n) is 17.0. The summed E-state index contributed by atoms with van der Waals surface area (Å²) < 4.78 is 13.2. The molecular formula is C79H118O4Si4. The predicted molar refractivity (Wildman–Crippen MR) is 391 cm³/mol. The number of phenolic OH excluding ortho intramolecular Hbond substituents is 2. The van der Waals surface area contributed by atoms with Crippen LogP contribution in [-0.2, 0) is 31.9 Å². The molecule has 0 unspecified atom stereocenters. The maximum atomic E-state index is 9.30. The van der Waals surface area contributed by atoms with Gasteiger partial charge in [0.1, 0.15) is 11.5 Å². The van der Waals surface area contributed by atoms with Crippen molar-refractivity contribution < 1.29 is 18.4 Å². The Morgan fingerprint density at radius 3 is 0.931 bits per heavy atom. The highest BCUT2D eigenvalue weighted by atomic mass is 28.4. The number of aryl methyl sites for hydroxylation is 7. The molecule has 8 rings (SSSR count). The third-order valence-corrected chi connectivity index (χ3v) is 32.1. The molecule has 7 aromatic carbocycles. The summed E-state index contributed by atoms with van der Waals surface area (Å²) in [7, 11) is -6.02. The molecule has 1 aliphatic rings. The van der Waals surface area contributed by atoms with Crippen molar-refractivity contribution in [3.8, 4) is 22.6 Å². The molecule has 0 spiro atoms. The third kappa shape index (κ3) is 28.5. The van der Waals surface area contributed by atoms with Crippen molar-refractivity contribution in [1.29, 1.82) is 0 Å². The molecule has 1 fully saturated rings. The average Bonchev–Trinajstić information content (AvgIpc) is 1.19. The Hall–Kier alpha value is -5.07. The molecule has 87 heavy (non-hydrogen) atoms. The summed E-state index contributed by atoms with van der Waals surface area (Å²) in [6.07, 6.45) is 16.3. The first kappa shape index (κ1) is 74.4. The van der Waals surface area contributed by atoms with Crippen LogP contribution in [0, 0.1) is 34.6 Å². The van der Waals surface area contributed by atoms with Crippen LogP contribution in [0.15, 0.2) is 170 Å². The summed E-state index contributed by atoms with van der Waals surface area (Å²) in [4.78, 5) is 0. The van der Waals surface area contributed by atoms with E-state index in [0.717, 1.165) is 12.8 Å². The van der Waals surface area contributed by atoms with Gasteiger partial charge in [-0.15, -0.1) is 0 Å². The SMILES string of the molecule is CCCC[Si](C)(C)O[Si](C)(C)CCCc1ccc(O)cc1.CCCC[Si](C)(C)O[Si](C)(C)CCCc1ccc(O)cc1.Cc1ccc(-c2ccc(C)cc2)cc1.Cc1ccc(C(C)(C)C)cc1.Cc1ccc(C2(c3ccc(C)cc3)CCCCC2)cc1. The van der Waals surface area contributed by atoms with E-state index in [-0.39, 0.29) is 10.8 Å². The van der Waals surface area contributed by atoms with Crippen LogP contribution in [-0.4, -0.2) is 43.5 Å². The molecule has 1 saturated carbocycles. The van der Waals surface area contributed by atoms with E-state index in [1.165, 1.54) is 162 Å². The first-order valence-electron chi connectivity index (χ1n) is 33.3. The van der Waals surface area contributed by atoms with Crippen molar-refractivity contribution in [2.75, 3.05) is 0 Å². The van der Waals surface area contributed by atoms with Crippen LogP contribution in [0.1, 0.15) is 161 Å². The number of unbranched alkanes of at least 4 members (excludes halogenated alkanes) is 2. The molecule has 7 aromatic rings. The summed E-state index contributed by atoms with van der Waals surface area (Å²) in [5.74, 6) is 0.695. The van der Waals surface area contributed by atoms with E-state index in [2.05, 4.69) is 243 Å². The monoisotopic (exact) mass is 1240 g/mol. The highest BCUT2D eigenvalue weighted by Gasteiger charge is 2.36. The van der Waals surface area contributed by atoms with Gasteiger partial charge in [-0.1, -0.05) is 253 Å². The van der Waals surface area contributed by atoms with Crippen LogP contribution in [0.2, 0.25) is 76.6 Å². The van der Waals surface area contributed by atoms with Gasteiger partial charge in [-0.2, -0.15) is 0 Å². The molecule has 0 atom stereocenters. The Kier molecular flexibility index (Phi) is 30.7. The lowest BCUT2D eigenvalue weighted by Crippen LogP contribution is -2.44. The van der Waals surface area contributed by atoms with E-state index in [4.69, 9.17) is 8.23 Å². The van der Waals surface area contributed by atoms with Crippen molar-refractivity contribution in [1.82, 2.24) is 0 Å². The second-order valence-electron chi connectivity index (χ2n) is 28.7. The molecule has 1 aliphatic carbocycles. The lowest BCUT2D eigenvalue weighted by atomic mass is 9.65. The standard InChI is InChI=1S/C20H24.2C17H32O2Si2.C14H14.C11H16/c1-16-6-10-18(11-7-16)20(14-4-3-5-15-20)19-12-8-17(2)9-13-19;2*1-6-7-14-20(2,3)19-21(4,5)15-8-9-16-10-12-17(18)13-11-16;1-11-3-7-13(8-4-11)14-9-5-12(2)6-10-14;1-9-5-7-10(8-6-9)11(2,3)4/h6-13H,3-5,14-15H2,1-2H3;2*10-13,18H,6-9,14-15H2,1-5H3;3-10H,1-2H3;5-8H,1-4H3. The van der Waals surface area contributed by atoms with Crippen LogP contribution in [0.5, 0.6) is 11.5 Å². The minimum absolute atomic E-state index is 0.250. The van der Waals surface area contributed by atoms with Gasteiger partial charge in [0.15, 0.2) is 33.3 Å². The largest absolute Gasteiger partial charge is 0.508 e. The predicted octanol–water partition coefficient (Wildman–Crippen LogP) is 23.9. The number of benzene rings is 7. The maximum Gasteiger partial charge on any atom is 0.173 e. The second-order valence-corrected chi connectivity index (χ2v) is 46.4. The van der Waals surface area contributed by atoms with E-state index in [9.17, 15) is 10.2 Å². The molecule has 0 heterocycles. The summed E-state index contributed by atoms with van der Waals surface area (Å²) in [6.45, 7) is 40.8. The quantitative estimate of drug-likeness (QED) is 0.0704. The Morgan fingerprint density at radius 1 is 0.368 bits per heavy atom. The van der Waals surface area contributed by atoms with Crippen LogP contribution < -0.4 is 0 Å². The summed E-state index contributed by atoms with van der Waals surface area (Å²) in [6, 6.07) is 64.6. The Bertz CT molecular complexity index is 2800. The number of phenols is 2. The van der Waals surface area contributed by atoms with E-state index < -0.39 is 33.3 Å². The van der Waals surface area contributed by atoms with Gasteiger partial charge in [-0.25, -0.2) is 0 Å².